The molecule has 0 amide bonds. The number of aromatic nitrogens is 8. The first-order valence-electron chi connectivity index (χ1n) is 31.0. The van der Waals surface area contributed by atoms with Crippen LogP contribution in [0.4, 0.5) is 4.70 Å². The maximum Gasteiger partial charge on any atom is 0.141 e. The van der Waals surface area contributed by atoms with Crippen molar-refractivity contribution in [3.05, 3.63) is 271 Å². The summed E-state index contributed by atoms with van der Waals surface area (Å²) >= 11 is 3.62. The highest BCUT2D eigenvalue weighted by molar-refractivity contribution is 9.10. The molecule has 15 heteroatoms. The van der Waals surface area contributed by atoms with Crippen molar-refractivity contribution in [1.82, 2.24) is 38.2 Å². The van der Waals surface area contributed by atoms with Crippen LogP contribution in [0.15, 0.2) is 269 Å². The van der Waals surface area contributed by atoms with Gasteiger partial charge in [-0.05, 0) is 125 Å². The van der Waals surface area contributed by atoms with Crippen molar-refractivity contribution in [1.29, 1.82) is 0 Å². The van der Waals surface area contributed by atoms with Gasteiger partial charge >= 0.3 is 0 Å². The van der Waals surface area contributed by atoms with E-state index in [4.69, 9.17) is 23.5 Å². The fourth-order valence-electron chi connectivity index (χ4n) is 12.8. The van der Waals surface area contributed by atoms with Crippen molar-refractivity contribution >= 4 is 134 Å². The van der Waals surface area contributed by atoms with Gasteiger partial charge in [-0.3, -0.25) is 23.0 Å². The third kappa shape index (κ3) is 11.3. The molecule has 0 spiro atoms. The van der Waals surface area contributed by atoms with E-state index in [9.17, 15) is 5.11 Å². The van der Waals surface area contributed by atoms with Crippen LogP contribution in [-0.2, 0) is 10.8 Å². The van der Waals surface area contributed by atoms with Crippen LogP contribution in [0, 0.1) is 0 Å². The highest BCUT2D eigenvalue weighted by Crippen LogP contribution is 2.40. The lowest BCUT2D eigenvalue weighted by Crippen LogP contribution is -2.12. The van der Waals surface area contributed by atoms with Crippen molar-refractivity contribution in [3.63, 3.8) is 0 Å². The van der Waals surface area contributed by atoms with E-state index in [2.05, 4.69) is 189 Å². The number of pyridine rings is 2. The Balaban J connectivity index is 0.000000141. The standard InChI is InChI=1S/C40H30N4O2.C23H14N2O2.C17H17BrN2.CH4.B.FH/c1-40(2,3)25-18-26(43-24-42-33-12-6-8-14-35(33)43)20-28(19-25)45-27-16-17-30-29-10-4-7-13-34(29)44(36(30)21-27)39-22-38-32(23-41-39)31-11-5-9-15-37(31)46-38;26-14-9-10-16-15-5-1-3-7-19(15)25(20(16)11-14)23-12-22-18(13-24-23)17-6-2-4-8-21(17)27-22;1-17(2,3)12-8-13(18)10-14(9-12)20-11-19-15-6-4-5-7-16(15)20;;;/h4-24H,1-3H3;1-13,26H;4-11H,1-3H3;1H4;;1H. The molecule has 18 aromatic rings. The van der Waals surface area contributed by atoms with Gasteiger partial charge in [-0.1, -0.05) is 162 Å². The van der Waals surface area contributed by atoms with Crippen molar-refractivity contribution in [2.75, 3.05) is 0 Å². The van der Waals surface area contributed by atoms with Crippen molar-refractivity contribution in [3.8, 4) is 40.3 Å². The zero-order valence-corrected chi connectivity index (χ0v) is 54.4. The average molecular weight is 1330 g/mol. The smallest absolute Gasteiger partial charge is 0.141 e. The lowest BCUT2D eigenvalue weighted by Gasteiger charge is -2.22. The number of benzene rings is 10. The van der Waals surface area contributed by atoms with Gasteiger partial charge in [0.25, 0.3) is 0 Å². The average Bonchev–Trinajstić information content (AvgIpc) is 1.59. The Labute approximate surface area is 563 Å². The normalized spacial score (nSPS) is 11.7. The van der Waals surface area contributed by atoms with Crippen LogP contribution < -0.4 is 4.74 Å². The Morgan fingerprint density at radius 3 is 1.33 bits per heavy atom. The second-order valence-electron chi connectivity index (χ2n) is 25.6. The van der Waals surface area contributed by atoms with Crippen LogP contribution in [0.3, 0.4) is 0 Å². The van der Waals surface area contributed by atoms with Crippen LogP contribution in [0.5, 0.6) is 17.2 Å². The minimum Gasteiger partial charge on any atom is -0.508 e. The number of para-hydroxylation sites is 8. The molecule has 471 valence electrons. The summed E-state index contributed by atoms with van der Waals surface area (Å²) in [5.41, 5.74) is 16.2. The third-order valence-corrected chi connectivity index (χ3v) is 17.9. The second-order valence-corrected chi connectivity index (χ2v) is 26.5. The van der Waals surface area contributed by atoms with Crippen molar-refractivity contribution < 1.29 is 23.4 Å². The van der Waals surface area contributed by atoms with E-state index >= 15 is 0 Å². The molecule has 96 heavy (non-hydrogen) atoms. The quantitative estimate of drug-likeness (QED) is 0.163. The summed E-state index contributed by atoms with van der Waals surface area (Å²) in [5, 5.41) is 18.7. The summed E-state index contributed by atoms with van der Waals surface area (Å²) < 4.78 is 28.6. The zero-order chi connectivity index (χ0) is 63.3. The molecular formula is C81H66BBrFN8O4. The first kappa shape index (κ1) is 63.5. The largest absolute Gasteiger partial charge is 0.508 e. The molecule has 8 aromatic heterocycles. The Bertz CT molecular complexity index is 5960. The number of fused-ring (bicyclic) bond motifs is 14. The molecule has 0 saturated heterocycles. The lowest BCUT2D eigenvalue weighted by molar-refractivity contribution is 0.476. The molecule has 0 bridgehead atoms. The molecule has 18 rings (SSSR count). The first-order chi connectivity index (χ1) is 45.1. The number of halogens is 2. The van der Waals surface area contributed by atoms with Gasteiger partial charge < -0.3 is 18.7 Å². The lowest BCUT2D eigenvalue weighted by atomic mass is 9.86. The van der Waals surface area contributed by atoms with E-state index in [0.29, 0.717) is 0 Å². The fourth-order valence-corrected chi connectivity index (χ4v) is 13.2. The minimum atomic E-state index is -0.0815. The number of furan rings is 2. The molecule has 0 aliphatic rings. The van der Waals surface area contributed by atoms with E-state index in [1.165, 1.54) is 11.1 Å². The van der Waals surface area contributed by atoms with E-state index < -0.39 is 0 Å². The van der Waals surface area contributed by atoms with Crippen molar-refractivity contribution in [2.45, 2.75) is 59.8 Å². The van der Waals surface area contributed by atoms with E-state index in [1.54, 1.807) is 12.1 Å². The van der Waals surface area contributed by atoms with Crippen molar-refractivity contribution in [2.24, 2.45) is 0 Å². The van der Waals surface area contributed by atoms with Gasteiger partial charge in [-0.25, -0.2) is 19.9 Å². The van der Waals surface area contributed by atoms with Gasteiger partial charge in [0.2, 0.25) is 0 Å². The molecular weight excluding hydrogens is 1260 g/mol. The van der Waals surface area contributed by atoms with Crippen LogP contribution in [0.25, 0.3) is 133 Å². The summed E-state index contributed by atoms with van der Waals surface area (Å²) in [6, 6.07) is 77.8. The van der Waals surface area contributed by atoms with Gasteiger partial charge in [-0.2, -0.15) is 0 Å². The number of ether oxygens (including phenoxy) is 1. The van der Waals surface area contributed by atoms with Gasteiger partial charge in [0.05, 0.1) is 49.8 Å². The molecule has 0 aliphatic heterocycles. The molecule has 0 atom stereocenters. The Morgan fingerprint density at radius 1 is 0.385 bits per heavy atom. The first-order valence-corrected chi connectivity index (χ1v) is 31.7. The van der Waals surface area contributed by atoms with Gasteiger partial charge in [0.15, 0.2) is 0 Å². The second kappa shape index (κ2) is 24.9. The number of phenolic OH excluding ortho intramolecular Hbond substituents is 1. The monoisotopic (exact) mass is 1320 g/mol. The van der Waals surface area contributed by atoms with Gasteiger partial charge in [0, 0.05) is 104 Å². The van der Waals surface area contributed by atoms with E-state index in [0.717, 1.165) is 149 Å². The number of hydrogen-bond acceptors (Lipinski definition) is 8. The SMILES string of the molecule is C.CC(C)(C)c1cc(Br)cc(-n2cnc3ccccc32)c1.CC(C)(C)c1cc(Oc2ccc3c4ccccc4n(-c4cc5oc6ccccc6c5cn4)c3c2)cc(-n2cnc3ccccc32)c1.F.Oc1ccc2c3ccccc3n(-c3cc4oc5ccccc5c4cn3)c2c1.[B]. The Hall–Kier alpha value is -11.3. The fraction of sp³-hybridized carbons (Fsp3) is 0.111. The topological polar surface area (TPSA) is 127 Å². The van der Waals surface area contributed by atoms with E-state index in [1.807, 2.05) is 140 Å². The summed E-state index contributed by atoms with van der Waals surface area (Å²) in [7, 11) is 0. The number of phenols is 1. The number of hydrogen-bond donors (Lipinski definition) is 1. The number of rotatable bonds is 6. The highest BCUT2D eigenvalue weighted by atomic mass is 79.9. The Kier molecular flexibility index (Phi) is 16.5. The molecule has 0 fully saturated rings. The maximum absolute atomic E-state index is 10.0. The minimum absolute atomic E-state index is 0. The van der Waals surface area contributed by atoms with Gasteiger partial charge in [-0.15, -0.1) is 0 Å². The number of nitrogens with zero attached hydrogens (tertiary/aromatic N) is 8. The molecule has 0 unspecified atom stereocenters. The maximum atomic E-state index is 10.0. The van der Waals surface area contributed by atoms with Gasteiger partial charge in [0.1, 0.15) is 63.9 Å². The molecule has 10 aromatic carbocycles. The highest BCUT2D eigenvalue weighted by Gasteiger charge is 2.22. The molecule has 0 aliphatic carbocycles. The van der Waals surface area contributed by atoms with Crippen LogP contribution in [-0.4, -0.2) is 51.7 Å². The molecule has 0 saturated carbocycles. The Morgan fingerprint density at radius 2 is 0.812 bits per heavy atom. The summed E-state index contributed by atoms with van der Waals surface area (Å²) in [4.78, 5) is 18.8. The number of aromatic hydroxyl groups is 1. The summed E-state index contributed by atoms with van der Waals surface area (Å²) in [6.45, 7) is 13.3. The summed E-state index contributed by atoms with van der Waals surface area (Å²) in [6.07, 6.45) is 7.54. The number of imidazole rings is 2. The third-order valence-electron chi connectivity index (χ3n) is 17.5. The zero-order valence-electron chi connectivity index (χ0n) is 52.9. The predicted molar refractivity (Wildman–Crippen MR) is 396 cm³/mol. The summed E-state index contributed by atoms with van der Waals surface area (Å²) in [5.74, 6) is 3.30. The van der Waals surface area contributed by atoms with Crippen LogP contribution in [0.1, 0.15) is 60.1 Å². The molecule has 3 radical (unpaired) electrons. The molecule has 1 N–H and O–H groups in total. The van der Waals surface area contributed by atoms with E-state index in [-0.39, 0.29) is 37.1 Å². The van der Waals surface area contributed by atoms with Crippen LogP contribution >= 0.6 is 15.9 Å². The molecule has 12 nitrogen and oxygen atoms in total. The molecule has 8 heterocycles. The predicted octanol–water partition coefficient (Wildman–Crippen LogP) is 21.8. The van der Waals surface area contributed by atoms with Crippen LogP contribution in [0.2, 0.25) is 0 Å².